The fourth-order valence-corrected chi connectivity index (χ4v) is 3.86. The van der Waals surface area contributed by atoms with Crippen LogP contribution in [0.5, 0.6) is 0 Å². The predicted molar refractivity (Wildman–Crippen MR) is 81.3 cm³/mol. The standard InChI is InChI=1S/C16H27NS/c1-12(2)17-11-16(14-7-6-8-18-14)9-13(10-16)15(3,4)5/h6-8,12-13,17H,9-11H2,1-5H3. The average molecular weight is 265 g/mol. The van der Waals surface area contributed by atoms with Crippen molar-refractivity contribution in [2.75, 3.05) is 6.54 Å². The van der Waals surface area contributed by atoms with Gasteiger partial charge >= 0.3 is 0 Å². The van der Waals surface area contributed by atoms with E-state index >= 15 is 0 Å². The van der Waals surface area contributed by atoms with Gasteiger partial charge < -0.3 is 5.32 Å². The maximum atomic E-state index is 3.66. The largest absolute Gasteiger partial charge is 0.314 e. The lowest BCUT2D eigenvalue weighted by molar-refractivity contribution is 0.0459. The lowest BCUT2D eigenvalue weighted by Gasteiger charge is -2.53. The van der Waals surface area contributed by atoms with Gasteiger partial charge in [-0.15, -0.1) is 11.3 Å². The van der Waals surface area contributed by atoms with Crippen LogP contribution in [0.4, 0.5) is 0 Å². The molecular formula is C16H27NS. The molecule has 2 heteroatoms. The third kappa shape index (κ3) is 2.80. The highest BCUT2D eigenvalue weighted by Crippen LogP contribution is 2.55. The number of nitrogens with one attached hydrogen (secondary N) is 1. The summed E-state index contributed by atoms with van der Waals surface area (Å²) in [7, 11) is 0. The van der Waals surface area contributed by atoms with Gasteiger partial charge in [0.2, 0.25) is 0 Å². The maximum absolute atomic E-state index is 3.66. The summed E-state index contributed by atoms with van der Waals surface area (Å²) in [6.07, 6.45) is 2.69. The molecule has 102 valence electrons. The Morgan fingerprint density at radius 1 is 1.39 bits per heavy atom. The molecule has 0 aromatic carbocycles. The second-order valence-corrected chi connectivity index (χ2v) is 8.21. The van der Waals surface area contributed by atoms with Gasteiger partial charge in [0.25, 0.3) is 0 Å². The minimum absolute atomic E-state index is 0.413. The van der Waals surface area contributed by atoms with Gasteiger partial charge in [-0.2, -0.15) is 0 Å². The maximum Gasteiger partial charge on any atom is 0.0177 e. The van der Waals surface area contributed by atoms with Crippen LogP contribution in [0.25, 0.3) is 0 Å². The van der Waals surface area contributed by atoms with E-state index in [1.54, 1.807) is 4.88 Å². The lowest BCUT2D eigenvalue weighted by atomic mass is 9.54. The van der Waals surface area contributed by atoms with E-state index in [0.29, 0.717) is 16.9 Å². The second kappa shape index (κ2) is 4.97. The SMILES string of the molecule is CC(C)NCC1(c2cccs2)CC(C(C)(C)C)C1. The van der Waals surface area contributed by atoms with Crippen molar-refractivity contribution in [1.82, 2.24) is 5.32 Å². The number of hydrogen-bond donors (Lipinski definition) is 1. The van der Waals surface area contributed by atoms with Gasteiger partial charge in [0.05, 0.1) is 0 Å². The van der Waals surface area contributed by atoms with Crippen molar-refractivity contribution in [3.8, 4) is 0 Å². The van der Waals surface area contributed by atoms with Gasteiger partial charge in [-0.1, -0.05) is 40.7 Å². The van der Waals surface area contributed by atoms with Crippen molar-refractivity contribution < 1.29 is 0 Å². The molecule has 0 atom stereocenters. The zero-order chi connectivity index (χ0) is 13.4. The molecular weight excluding hydrogens is 238 g/mol. The first-order valence-corrected chi connectivity index (χ1v) is 7.99. The Bertz CT molecular complexity index is 366. The van der Waals surface area contributed by atoms with Crippen LogP contribution in [-0.4, -0.2) is 12.6 Å². The molecule has 18 heavy (non-hydrogen) atoms. The molecule has 0 saturated heterocycles. The summed E-state index contributed by atoms with van der Waals surface area (Å²) in [5, 5.41) is 5.87. The van der Waals surface area contributed by atoms with Crippen LogP contribution >= 0.6 is 11.3 Å². The van der Waals surface area contributed by atoms with Crippen LogP contribution in [0.15, 0.2) is 17.5 Å². The van der Waals surface area contributed by atoms with Crippen LogP contribution < -0.4 is 5.32 Å². The third-order valence-corrected chi connectivity index (χ3v) is 5.51. The van der Waals surface area contributed by atoms with E-state index in [2.05, 4.69) is 57.4 Å². The topological polar surface area (TPSA) is 12.0 Å². The molecule has 0 aliphatic heterocycles. The Kier molecular flexibility index (Phi) is 3.89. The molecule has 1 N–H and O–H groups in total. The van der Waals surface area contributed by atoms with Crippen molar-refractivity contribution >= 4 is 11.3 Å². The van der Waals surface area contributed by atoms with Crippen LogP contribution in [-0.2, 0) is 5.41 Å². The Hall–Kier alpha value is -0.340. The highest BCUT2D eigenvalue weighted by atomic mass is 32.1. The molecule has 1 aliphatic carbocycles. The monoisotopic (exact) mass is 265 g/mol. The molecule has 0 unspecified atom stereocenters. The highest BCUT2D eigenvalue weighted by Gasteiger charge is 2.49. The van der Waals surface area contributed by atoms with Crippen LogP contribution in [0.1, 0.15) is 52.3 Å². The van der Waals surface area contributed by atoms with E-state index in [9.17, 15) is 0 Å². The first-order valence-electron chi connectivity index (χ1n) is 7.11. The number of hydrogen-bond acceptors (Lipinski definition) is 2. The van der Waals surface area contributed by atoms with Crippen LogP contribution in [0.3, 0.4) is 0 Å². The Balaban J connectivity index is 2.08. The van der Waals surface area contributed by atoms with Gasteiger partial charge in [0.1, 0.15) is 0 Å². The summed E-state index contributed by atoms with van der Waals surface area (Å²) in [4.78, 5) is 1.58. The van der Waals surface area contributed by atoms with E-state index in [4.69, 9.17) is 0 Å². The van der Waals surface area contributed by atoms with E-state index in [1.165, 1.54) is 12.8 Å². The number of rotatable bonds is 4. The fraction of sp³-hybridized carbons (Fsp3) is 0.750. The van der Waals surface area contributed by atoms with Crippen molar-refractivity contribution in [2.45, 2.75) is 58.9 Å². The summed E-state index contributed by atoms with van der Waals surface area (Å²) in [5.74, 6) is 0.869. The van der Waals surface area contributed by atoms with Crippen molar-refractivity contribution in [3.63, 3.8) is 0 Å². The van der Waals surface area contributed by atoms with Gasteiger partial charge in [0.15, 0.2) is 0 Å². The minimum atomic E-state index is 0.413. The van der Waals surface area contributed by atoms with Gasteiger partial charge in [0, 0.05) is 22.9 Å². The average Bonchev–Trinajstić information content (AvgIpc) is 2.66. The molecule has 1 aromatic rings. The van der Waals surface area contributed by atoms with Crippen LogP contribution in [0, 0.1) is 11.3 Å². The molecule has 1 heterocycles. The van der Waals surface area contributed by atoms with Gasteiger partial charge in [-0.3, -0.25) is 0 Å². The summed E-state index contributed by atoms with van der Waals surface area (Å²) >= 11 is 1.93. The summed E-state index contributed by atoms with van der Waals surface area (Å²) < 4.78 is 0. The molecule has 1 nitrogen and oxygen atoms in total. The van der Waals surface area contributed by atoms with Crippen molar-refractivity contribution in [2.24, 2.45) is 11.3 Å². The molecule has 1 aromatic heterocycles. The molecule has 0 radical (unpaired) electrons. The van der Waals surface area contributed by atoms with Gasteiger partial charge in [-0.05, 0) is 35.6 Å². The first kappa shape index (κ1) is 14.1. The van der Waals surface area contributed by atoms with E-state index in [-0.39, 0.29) is 0 Å². The highest BCUT2D eigenvalue weighted by molar-refractivity contribution is 7.10. The smallest absolute Gasteiger partial charge is 0.0177 e. The first-order chi connectivity index (χ1) is 8.33. The Morgan fingerprint density at radius 2 is 2.06 bits per heavy atom. The summed E-state index contributed by atoms with van der Waals surface area (Å²) in [6.45, 7) is 12.8. The third-order valence-electron chi connectivity index (χ3n) is 4.39. The lowest BCUT2D eigenvalue weighted by Crippen LogP contribution is -2.52. The van der Waals surface area contributed by atoms with E-state index in [0.717, 1.165) is 12.5 Å². The second-order valence-electron chi connectivity index (χ2n) is 7.26. The molecule has 1 aliphatic rings. The Morgan fingerprint density at radius 3 is 2.50 bits per heavy atom. The number of thiophene rings is 1. The van der Waals surface area contributed by atoms with Crippen LogP contribution in [0.2, 0.25) is 0 Å². The Labute approximate surface area is 116 Å². The minimum Gasteiger partial charge on any atom is -0.314 e. The van der Waals surface area contributed by atoms with Crippen molar-refractivity contribution in [1.29, 1.82) is 0 Å². The van der Waals surface area contributed by atoms with E-state index in [1.807, 2.05) is 11.3 Å². The predicted octanol–water partition coefficient (Wildman–Crippen LogP) is 4.44. The molecule has 1 saturated carbocycles. The summed E-state index contributed by atoms with van der Waals surface area (Å²) in [5.41, 5.74) is 0.870. The molecule has 0 amide bonds. The quantitative estimate of drug-likeness (QED) is 0.848. The van der Waals surface area contributed by atoms with Crippen molar-refractivity contribution in [3.05, 3.63) is 22.4 Å². The van der Waals surface area contributed by atoms with Gasteiger partial charge in [-0.25, -0.2) is 0 Å². The van der Waals surface area contributed by atoms with E-state index < -0.39 is 0 Å². The molecule has 2 rings (SSSR count). The summed E-state index contributed by atoms with van der Waals surface area (Å²) in [6, 6.07) is 5.10. The molecule has 1 fully saturated rings. The zero-order valence-corrected chi connectivity index (χ0v) is 13.2. The fourth-order valence-electron chi connectivity index (χ4n) is 2.91. The molecule has 0 bridgehead atoms. The normalized spacial score (nSPS) is 28.4. The molecule has 0 spiro atoms. The zero-order valence-electron chi connectivity index (χ0n) is 12.4.